The molecule has 64 heavy (non-hydrogen) atoms. The van der Waals surface area contributed by atoms with Gasteiger partial charge >= 0.3 is 6.18 Å². The summed E-state index contributed by atoms with van der Waals surface area (Å²) in [5.74, 6) is 1.08. The molecule has 3 nitrogen and oxygen atoms in total. The lowest BCUT2D eigenvalue weighted by Crippen LogP contribution is -2.22. The molecule has 0 unspecified atom stereocenters. The van der Waals surface area contributed by atoms with Crippen molar-refractivity contribution < 1.29 is 13.2 Å². The number of alkyl halides is 3. The number of aryl methyl sites for hydroxylation is 9. The molecule has 0 aliphatic rings. The summed E-state index contributed by atoms with van der Waals surface area (Å²) >= 11 is 0. The Balaban J connectivity index is 1.36. The summed E-state index contributed by atoms with van der Waals surface area (Å²) in [6.07, 6.45) is -2.90. The zero-order chi connectivity index (χ0) is 45.9. The van der Waals surface area contributed by atoms with Crippen molar-refractivity contribution in [1.29, 1.82) is 0 Å². The minimum atomic E-state index is -4.22. The van der Waals surface area contributed by atoms with E-state index in [2.05, 4.69) is 192 Å². The first kappa shape index (κ1) is 45.9. The van der Waals surface area contributed by atoms with Gasteiger partial charge in [0.05, 0.1) is 39.7 Å². The lowest BCUT2D eigenvalue weighted by Gasteiger charge is -2.29. The van der Waals surface area contributed by atoms with E-state index >= 15 is 0 Å². The number of nitrogens with zero attached hydrogens (tertiary/aromatic N) is 2. The summed E-state index contributed by atoms with van der Waals surface area (Å²) in [6, 6.07) is 43.7. The number of unbranched alkanes of at least 4 members (excludes halogenated alkanes) is 1. The van der Waals surface area contributed by atoms with Crippen LogP contribution in [0.2, 0.25) is 0 Å². The Kier molecular flexibility index (Phi) is 13.8. The number of rotatable bonds is 15. The van der Waals surface area contributed by atoms with E-state index in [1.807, 2.05) is 13.8 Å². The van der Waals surface area contributed by atoms with Crippen molar-refractivity contribution in [2.24, 2.45) is 0 Å². The molecular weight excluding hydrogens is 796 g/mol. The first-order valence-corrected chi connectivity index (χ1v) is 22.7. The second kappa shape index (κ2) is 19.3. The third-order valence-corrected chi connectivity index (χ3v) is 12.5. The van der Waals surface area contributed by atoms with Gasteiger partial charge in [-0.3, -0.25) is 0 Å². The first-order chi connectivity index (χ1) is 30.5. The van der Waals surface area contributed by atoms with E-state index in [1.54, 1.807) is 0 Å². The highest BCUT2D eigenvalue weighted by Gasteiger charge is 2.29. The van der Waals surface area contributed by atoms with Crippen LogP contribution in [-0.4, -0.2) is 19.3 Å². The van der Waals surface area contributed by atoms with Crippen LogP contribution >= 0.6 is 0 Å². The largest absolute Gasteiger partial charge is 0.389 e. The van der Waals surface area contributed by atoms with Crippen molar-refractivity contribution in [3.05, 3.63) is 194 Å². The Morgan fingerprint density at radius 2 is 0.922 bits per heavy atom. The summed E-state index contributed by atoms with van der Waals surface area (Å²) in [4.78, 5) is 4.54. The average molecular weight is 859 g/mol. The number of hydrogen-bond acceptors (Lipinski definition) is 3. The molecule has 0 atom stereocenters. The molecule has 0 heterocycles. The average Bonchev–Trinajstić information content (AvgIpc) is 3.23. The minimum absolute atomic E-state index is 0.00729. The number of anilines is 6. The van der Waals surface area contributed by atoms with Gasteiger partial charge in [0.25, 0.3) is 0 Å². The van der Waals surface area contributed by atoms with E-state index in [0.717, 1.165) is 97.9 Å². The van der Waals surface area contributed by atoms with E-state index < -0.39 is 12.6 Å². The van der Waals surface area contributed by atoms with Crippen molar-refractivity contribution in [1.82, 2.24) is 0 Å². The molecule has 6 heteroatoms. The Labute approximate surface area is 380 Å². The second-order valence-electron chi connectivity index (χ2n) is 17.9. The van der Waals surface area contributed by atoms with Gasteiger partial charge in [0, 0.05) is 47.3 Å². The molecule has 1 N–H and O–H groups in total. The van der Waals surface area contributed by atoms with Crippen LogP contribution in [0.3, 0.4) is 0 Å². The van der Waals surface area contributed by atoms with Gasteiger partial charge < -0.3 is 15.1 Å². The molecule has 7 aromatic rings. The van der Waals surface area contributed by atoms with E-state index in [4.69, 9.17) is 0 Å². The third-order valence-electron chi connectivity index (χ3n) is 12.5. The second-order valence-corrected chi connectivity index (χ2v) is 17.9. The van der Waals surface area contributed by atoms with Crippen molar-refractivity contribution in [2.75, 3.05) is 28.2 Å². The molecule has 330 valence electrons. The fraction of sp³-hybridized carbons (Fsp3) is 0.293. The lowest BCUT2D eigenvalue weighted by atomic mass is 9.82. The van der Waals surface area contributed by atoms with Crippen LogP contribution < -0.4 is 15.1 Å². The number of benzene rings is 7. The summed E-state index contributed by atoms with van der Waals surface area (Å²) in [5, 5.41) is 6.04. The van der Waals surface area contributed by atoms with Gasteiger partial charge in [0.1, 0.15) is 0 Å². The molecule has 7 rings (SSSR count). The quantitative estimate of drug-likeness (QED) is 0.0818. The molecule has 0 aliphatic heterocycles. The van der Waals surface area contributed by atoms with E-state index in [-0.39, 0.29) is 13.0 Å². The highest BCUT2D eigenvalue weighted by molar-refractivity contribution is 6.00. The molecule has 0 bridgehead atoms. The molecule has 0 saturated carbocycles. The predicted octanol–water partition coefficient (Wildman–Crippen LogP) is 16.8. The topological polar surface area (TPSA) is 18.5 Å². The lowest BCUT2D eigenvalue weighted by molar-refractivity contribution is -0.134. The Morgan fingerprint density at radius 3 is 1.36 bits per heavy atom. The van der Waals surface area contributed by atoms with Gasteiger partial charge in [-0.15, -0.1) is 0 Å². The summed E-state index contributed by atoms with van der Waals surface area (Å²) in [7, 11) is 0. The van der Waals surface area contributed by atoms with Crippen LogP contribution in [0, 0.1) is 68.2 Å². The molecule has 7 aromatic carbocycles. The highest BCUT2D eigenvalue weighted by Crippen LogP contribution is 2.42. The monoisotopic (exact) mass is 858 g/mol. The van der Waals surface area contributed by atoms with Gasteiger partial charge in [-0.25, -0.2) is 0 Å². The minimum Gasteiger partial charge on any atom is -0.354 e. The summed E-state index contributed by atoms with van der Waals surface area (Å²) in [6.45, 7) is 22.6. The van der Waals surface area contributed by atoms with Crippen LogP contribution in [0.25, 0.3) is 10.8 Å². The highest BCUT2D eigenvalue weighted by atomic mass is 19.4. The normalized spacial score (nSPS) is 11.6. The molecule has 0 aromatic heterocycles. The molecule has 0 radical (unpaired) electrons. The first-order valence-electron chi connectivity index (χ1n) is 22.7. The zero-order valence-electron chi connectivity index (χ0n) is 39.3. The standard InChI is InChI=1S/C58H63F3N3/c1-11-12-29-63(56-42(7)33-38(3)34-43(56)8)48-22-18-46(19-23-48)54(52-26-27-53(51-17-14-13-16-50(51)52)62-55-40(5)31-37(2)32-41(55)6)47-20-24-49(25-21-47)64(30-15-28-58(59,60)61)57-44(9)35-39(4)36-45(57)10/h13-14,16-27,31-36,62H,11-12,15,28-30H2,1-10H3/q+1. The third kappa shape index (κ3) is 10.1. The van der Waals surface area contributed by atoms with Gasteiger partial charge in [-0.2, -0.15) is 13.2 Å². The van der Waals surface area contributed by atoms with Crippen molar-refractivity contribution in [2.45, 2.75) is 101 Å². The van der Waals surface area contributed by atoms with Crippen molar-refractivity contribution in [3.63, 3.8) is 0 Å². The van der Waals surface area contributed by atoms with Gasteiger partial charge in [0.2, 0.25) is 0 Å². The molecule has 0 saturated heterocycles. The number of hydrogen-bond donors (Lipinski definition) is 1. The van der Waals surface area contributed by atoms with Crippen LogP contribution in [0.4, 0.5) is 47.3 Å². The number of fused-ring (bicyclic) bond motifs is 1. The smallest absolute Gasteiger partial charge is 0.354 e. The summed E-state index contributed by atoms with van der Waals surface area (Å²) in [5.41, 5.74) is 20.2. The maximum atomic E-state index is 13.5. The van der Waals surface area contributed by atoms with Crippen LogP contribution in [-0.2, 0) is 0 Å². The van der Waals surface area contributed by atoms with Crippen molar-refractivity contribution in [3.8, 4) is 0 Å². The van der Waals surface area contributed by atoms with Gasteiger partial charge in [0.15, 0.2) is 0 Å². The van der Waals surface area contributed by atoms with E-state index in [1.165, 1.54) is 39.1 Å². The molecule has 0 amide bonds. The van der Waals surface area contributed by atoms with Gasteiger partial charge in [-0.05, 0) is 181 Å². The fourth-order valence-electron chi connectivity index (χ4n) is 9.92. The maximum Gasteiger partial charge on any atom is 0.389 e. The Morgan fingerprint density at radius 1 is 0.500 bits per heavy atom. The SMILES string of the molecule is CCCCN(c1ccc([C+](c2ccc(N(CCCC(F)(F)F)c3c(C)cc(C)cc3C)cc2)c2ccc(Nc3c(C)cc(C)cc3C)c3ccccc23)cc1)c1c(C)cc(C)cc1C. The maximum absolute atomic E-state index is 13.5. The molecule has 0 aliphatic carbocycles. The van der Waals surface area contributed by atoms with E-state index in [0.29, 0.717) is 0 Å². The predicted molar refractivity (Wildman–Crippen MR) is 267 cm³/mol. The van der Waals surface area contributed by atoms with Crippen LogP contribution in [0.5, 0.6) is 0 Å². The summed E-state index contributed by atoms with van der Waals surface area (Å²) < 4.78 is 40.5. The van der Waals surface area contributed by atoms with Crippen molar-refractivity contribution >= 4 is 44.9 Å². The molecular formula is C58H63F3N3+. The van der Waals surface area contributed by atoms with Gasteiger partial charge in [-0.1, -0.05) is 78.6 Å². The molecule has 0 fully saturated rings. The fourth-order valence-corrected chi connectivity index (χ4v) is 9.92. The Hall–Kier alpha value is -6.14. The van der Waals surface area contributed by atoms with Crippen LogP contribution in [0.15, 0.2) is 121 Å². The van der Waals surface area contributed by atoms with E-state index in [9.17, 15) is 13.2 Å². The molecule has 0 spiro atoms. The number of nitrogens with one attached hydrogen (secondary N) is 1. The van der Waals surface area contributed by atoms with Crippen LogP contribution in [0.1, 0.15) is 99.4 Å². The zero-order valence-corrected chi connectivity index (χ0v) is 39.3. The number of halogens is 3. The Bertz CT molecular complexity index is 2680.